The minimum absolute atomic E-state index is 0.0979. The standard InChI is InChI=1S/C24H30N2O5S/c1-16-13-17(2)23(18(3)14-16)32(28,29)26-9-7-19(8-10-26)24(27)25-20-5-6-21-22(15-20)31-12-4-11-30-21/h5-6,13-15,19H,4,7-12H2,1-3H3,(H,25,27). The van der Waals surface area contributed by atoms with Gasteiger partial charge in [-0.3, -0.25) is 4.79 Å². The molecular formula is C24H30N2O5S. The van der Waals surface area contributed by atoms with Gasteiger partial charge >= 0.3 is 0 Å². The fraction of sp³-hybridized carbons (Fsp3) is 0.458. The molecule has 1 saturated heterocycles. The van der Waals surface area contributed by atoms with Gasteiger partial charge in [-0.25, -0.2) is 8.42 Å². The van der Waals surface area contributed by atoms with Crippen molar-refractivity contribution in [3.05, 3.63) is 47.0 Å². The van der Waals surface area contributed by atoms with Crippen LogP contribution < -0.4 is 14.8 Å². The fourth-order valence-electron chi connectivity index (χ4n) is 4.55. The first kappa shape index (κ1) is 22.6. The molecule has 172 valence electrons. The van der Waals surface area contributed by atoms with Crippen LogP contribution in [0.5, 0.6) is 11.5 Å². The number of carbonyl (C=O) groups excluding carboxylic acids is 1. The summed E-state index contributed by atoms with van der Waals surface area (Å²) in [6.07, 6.45) is 1.79. The summed E-state index contributed by atoms with van der Waals surface area (Å²) < 4.78 is 39.4. The Bertz CT molecular complexity index is 1100. The molecule has 0 aromatic heterocycles. The number of nitrogens with one attached hydrogen (secondary N) is 1. The van der Waals surface area contributed by atoms with E-state index in [0.29, 0.717) is 61.2 Å². The highest BCUT2D eigenvalue weighted by molar-refractivity contribution is 7.89. The van der Waals surface area contributed by atoms with E-state index in [2.05, 4.69) is 5.32 Å². The first-order valence-electron chi connectivity index (χ1n) is 11.0. The molecule has 0 atom stereocenters. The van der Waals surface area contributed by atoms with E-state index in [-0.39, 0.29) is 11.8 Å². The van der Waals surface area contributed by atoms with Crippen molar-refractivity contribution >= 4 is 21.6 Å². The number of anilines is 1. The second-order valence-corrected chi connectivity index (χ2v) is 10.5. The van der Waals surface area contributed by atoms with Crippen LogP contribution in [0.15, 0.2) is 35.2 Å². The molecule has 4 rings (SSSR count). The Balaban J connectivity index is 1.40. The number of benzene rings is 2. The number of nitrogens with zero attached hydrogens (tertiary/aromatic N) is 1. The van der Waals surface area contributed by atoms with E-state index in [1.54, 1.807) is 18.2 Å². The van der Waals surface area contributed by atoms with Gasteiger partial charge < -0.3 is 14.8 Å². The summed E-state index contributed by atoms with van der Waals surface area (Å²) >= 11 is 0. The van der Waals surface area contributed by atoms with Crippen LogP contribution in [0.3, 0.4) is 0 Å². The molecular weight excluding hydrogens is 428 g/mol. The SMILES string of the molecule is Cc1cc(C)c(S(=O)(=O)N2CCC(C(=O)Nc3ccc4c(c3)OCCCO4)CC2)c(C)c1. The van der Waals surface area contributed by atoms with Gasteiger partial charge in [0.05, 0.1) is 18.1 Å². The van der Waals surface area contributed by atoms with Crippen molar-refractivity contribution in [3.8, 4) is 11.5 Å². The Kier molecular flexibility index (Phi) is 6.44. The van der Waals surface area contributed by atoms with Crippen molar-refractivity contribution in [2.75, 3.05) is 31.6 Å². The maximum Gasteiger partial charge on any atom is 0.243 e. The quantitative estimate of drug-likeness (QED) is 0.753. The minimum atomic E-state index is -3.59. The highest BCUT2D eigenvalue weighted by atomic mass is 32.2. The monoisotopic (exact) mass is 458 g/mol. The zero-order chi connectivity index (χ0) is 22.9. The molecule has 0 unspecified atom stereocenters. The Hall–Kier alpha value is -2.58. The average molecular weight is 459 g/mol. The summed E-state index contributed by atoms with van der Waals surface area (Å²) in [5.41, 5.74) is 3.22. The zero-order valence-electron chi connectivity index (χ0n) is 18.8. The van der Waals surface area contributed by atoms with Crippen molar-refractivity contribution in [3.63, 3.8) is 0 Å². The van der Waals surface area contributed by atoms with Gasteiger partial charge in [0.25, 0.3) is 0 Å². The third kappa shape index (κ3) is 4.61. The van der Waals surface area contributed by atoms with Gasteiger partial charge in [0, 0.05) is 37.2 Å². The second-order valence-electron chi connectivity index (χ2n) is 8.61. The first-order valence-corrected chi connectivity index (χ1v) is 12.5. The lowest BCUT2D eigenvalue weighted by atomic mass is 9.97. The third-order valence-electron chi connectivity index (χ3n) is 6.04. The van der Waals surface area contributed by atoms with Crippen LogP contribution in [0.2, 0.25) is 0 Å². The van der Waals surface area contributed by atoms with E-state index in [9.17, 15) is 13.2 Å². The average Bonchev–Trinajstić information content (AvgIpc) is 2.98. The molecule has 2 aromatic rings. The normalized spacial score (nSPS) is 17.6. The molecule has 1 fully saturated rings. The van der Waals surface area contributed by atoms with Crippen molar-refractivity contribution < 1.29 is 22.7 Å². The number of hydrogen-bond acceptors (Lipinski definition) is 5. The number of aryl methyl sites for hydroxylation is 3. The lowest BCUT2D eigenvalue weighted by molar-refractivity contribution is -0.120. The van der Waals surface area contributed by atoms with Gasteiger partial charge in [0.15, 0.2) is 11.5 Å². The zero-order valence-corrected chi connectivity index (χ0v) is 19.6. The molecule has 0 bridgehead atoms. The molecule has 1 N–H and O–H groups in total. The van der Waals surface area contributed by atoms with Crippen molar-refractivity contribution in [2.24, 2.45) is 5.92 Å². The van der Waals surface area contributed by atoms with Crippen LogP contribution in [-0.4, -0.2) is 44.9 Å². The summed E-state index contributed by atoms with van der Waals surface area (Å²) in [5.74, 6) is 0.975. The van der Waals surface area contributed by atoms with Gasteiger partial charge in [-0.15, -0.1) is 0 Å². The summed E-state index contributed by atoms with van der Waals surface area (Å²) in [5, 5.41) is 2.95. The molecule has 0 spiro atoms. The summed E-state index contributed by atoms with van der Waals surface area (Å²) in [6, 6.07) is 9.18. The highest BCUT2D eigenvalue weighted by Crippen LogP contribution is 2.33. The largest absolute Gasteiger partial charge is 0.490 e. The Morgan fingerprint density at radius 1 is 0.969 bits per heavy atom. The Morgan fingerprint density at radius 3 is 2.25 bits per heavy atom. The van der Waals surface area contributed by atoms with E-state index in [1.807, 2.05) is 32.9 Å². The molecule has 2 aliphatic heterocycles. The predicted molar refractivity (Wildman–Crippen MR) is 123 cm³/mol. The van der Waals surface area contributed by atoms with Gasteiger partial charge in [0.2, 0.25) is 15.9 Å². The van der Waals surface area contributed by atoms with Crippen LogP contribution in [0.25, 0.3) is 0 Å². The maximum atomic E-state index is 13.3. The van der Waals surface area contributed by atoms with Crippen LogP contribution in [0.4, 0.5) is 5.69 Å². The number of piperidine rings is 1. The molecule has 0 saturated carbocycles. The maximum absolute atomic E-state index is 13.3. The molecule has 2 aliphatic rings. The van der Waals surface area contributed by atoms with E-state index in [1.165, 1.54) is 4.31 Å². The fourth-order valence-corrected chi connectivity index (χ4v) is 6.43. The van der Waals surface area contributed by atoms with Gasteiger partial charge in [-0.2, -0.15) is 4.31 Å². The van der Waals surface area contributed by atoms with Crippen LogP contribution in [0.1, 0.15) is 36.0 Å². The third-order valence-corrected chi connectivity index (χ3v) is 8.25. The molecule has 1 amide bonds. The second kappa shape index (κ2) is 9.11. The molecule has 2 aromatic carbocycles. The number of carbonyl (C=O) groups is 1. The van der Waals surface area contributed by atoms with Crippen molar-refractivity contribution in [1.82, 2.24) is 4.31 Å². The molecule has 0 aliphatic carbocycles. The molecule has 8 heteroatoms. The number of fused-ring (bicyclic) bond motifs is 1. The van der Waals surface area contributed by atoms with E-state index in [4.69, 9.17) is 9.47 Å². The molecule has 2 heterocycles. The van der Waals surface area contributed by atoms with Gasteiger partial charge in [-0.1, -0.05) is 17.7 Å². The number of amides is 1. The van der Waals surface area contributed by atoms with Crippen LogP contribution >= 0.6 is 0 Å². The van der Waals surface area contributed by atoms with Crippen LogP contribution in [-0.2, 0) is 14.8 Å². The van der Waals surface area contributed by atoms with Crippen molar-refractivity contribution in [2.45, 2.75) is 44.9 Å². The smallest absolute Gasteiger partial charge is 0.243 e. The minimum Gasteiger partial charge on any atom is -0.490 e. The topological polar surface area (TPSA) is 84.9 Å². The highest BCUT2D eigenvalue weighted by Gasteiger charge is 2.33. The first-order chi connectivity index (χ1) is 15.3. The van der Waals surface area contributed by atoms with Gasteiger partial charge in [0.1, 0.15) is 0 Å². The number of ether oxygens (including phenoxy) is 2. The lowest BCUT2D eigenvalue weighted by Crippen LogP contribution is -2.41. The number of hydrogen-bond donors (Lipinski definition) is 1. The lowest BCUT2D eigenvalue weighted by Gasteiger charge is -2.31. The van der Waals surface area contributed by atoms with E-state index < -0.39 is 10.0 Å². The van der Waals surface area contributed by atoms with E-state index in [0.717, 1.165) is 23.1 Å². The summed E-state index contributed by atoms with van der Waals surface area (Å²) in [6.45, 7) is 7.48. The molecule has 32 heavy (non-hydrogen) atoms. The Labute approximate surface area is 189 Å². The predicted octanol–water partition coefficient (Wildman–Crippen LogP) is 3.81. The van der Waals surface area contributed by atoms with Crippen LogP contribution in [0, 0.1) is 26.7 Å². The number of rotatable bonds is 4. The summed E-state index contributed by atoms with van der Waals surface area (Å²) in [7, 11) is -3.59. The van der Waals surface area contributed by atoms with Crippen molar-refractivity contribution in [1.29, 1.82) is 0 Å². The Morgan fingerprint density at radius 2 is 1.59 bits per heavy atom. The van der Waals surface area contributed by atoms with E-state index >= 15 is 0 Å². The van der Waals surface area contributed by atoms with Gasteiger partial charge in [-0.05, 0) is 56.9 Å². The molecule has 7 nitrogen and oxygen atoms in total. The molecule has 0 radical (unpaired) electrons. The summed E-state index contributed by atoms with van der Waals surface area (Å²) in [4.78, 5) is 13.2. The number of sulfonamides is 1.